The fraction of sp³-hybridized carbons (Fsp3) is 0.182. The van der Waals surface area contributed by atoms with Gasteiger partial charge in [-0.15, -0.1) is 0 Å². The van der Waals surface area contributed by atoms with Crippen LogP contribution in [0.2, 0.25) is 0 Å². The molecule has 0 atom stereocenters. The summed E-state index contributed by atoms with van der Waals surface area (Å²) in [6, 6.07) is 7.88. The Morgan fingerprint density at radius 1 is 1.21 bits per heavy atom. The van der Waals surface area contributed by atoms with Crippen molar-refractivity contribution >= 4 is 16.9 Å². The zero-order valence-electron chi connectivity index (χ0n) is 7.56. The monoisotopic (exact) mass is 187 g/mol. The first-order valence-electron chi connectivity index (χ1n) is 4.58. The van der Waals surface area contributed by atoms with Crippen LogP contribution in [-0.4, -0.2) is 19.0 Å². The average molecular weight is 187 g/mol. The number of hydrogen-bond acceptors (Lipinski definition) is 3. The van der Waals surface area contributed by atoms with Crippen LogP contribution in [0.4, 0.5) is 0 Å². The quantitative estimate of drug-likeness (QED) is 0.686. The number of ether oxygens (including phenoxy) is 1. The molecule has 3 rings (SSSR count). The maximum absolute atomic E-state index is 5.38. The Morgan fingerprint density at radius 2 is 2.21 bits per heavy atom. The van der Waals surface area contributed by atoms with Crippen molar-refractivity contribution in [1.82, 2.24) is 0 Å². The normalized spacial score (nSPS) is 15.6. The standard InChI is InChI=1S/C11H9NO2/c1-2-10-8(3-5-13-10)7-9(1)11-12-4-6-14-11/h1-3,5,7H,4,6H2. The molecule has 0 bridgehead atoms. The summed E-state index contributed by atoms with van der Waals surface area (Å²) in [7, 11) is 0. The second kappa shape index (κ2) is 2.87. The summed E-state index contributed by atoms with van der Waals surface area (Å²) in [4.78, 5) is 4.26. The van der Waals surface area contributed by atoms with Crippen LogP contribution in [0.25, 0.3) is 11.0 Å². The number of fused-ring (bicyclic) bond motifs is 1. The van der Waals surface area contributed by atoms with Gasteiger partial charge < -0.3 is 9.15 Å². The van der Waals surface area contributed by atoms with Crippen molar-refractivity contribution in [3.8, 4) is 0 Å². The SMILES string of the molecule is c1cc2cc(C3=NCCO3)ccc2o1. The topological polar surface area (TPSA) is 34.7 Å². The number of nitrogens with zero attached hydrogens (tertiary/aromatic N) is 1. The zero-order chi connectivity index (χ0) is 9.38. The molecular formula is C11H9NO2. The van der Waals surface area contributed by atoms with E-state index in [1.807, 2.05) is 24.3 Å². The molecule has 0 saturated carbocycles. The summed E-state index contributed by atoms with van der Waals surface area (Å²) >= 11 is 0. The fourth-order valence-electron chi connectivity index (χ4n) is 1.61. The van der Waals surface area contributed by atoms with Gasteiger partial charge in [-0.3, -0.25) is 0 Å². The first-order chi connectivity index (χ1) is 6.93. The van der Waals surface area contributed by atoms with Crippen LogP contribution in [0.5, 0.6) is 0 Å². The Labute approximate surface area is 81.0 Å². The first-order valence-corrected chi connectivity index (χ1v) is 4.58. The second-order valence-electron chi connectivity index (χ2n) is 3.21. The van der Waals surface area contributed by atoms with Crippen molar-refractivity contribution in [2.45, 2.75) is 0 Å². The lowest BCUT2D eigenvalue weighted by Gasteiger charge is -2.00. The third kappa shape index (κ3) is 1.09. The van der Waals surface area contributed by atoms with E-state index in [0.717, 1.165) is 29.0 Å². The van der Waals surface area contributed by atoms with Gasteiger partial charge in [0, 0.05) is 10.9 Å². The van der Waals surface area contributed by atoms with Gasteiger partial charge in [-0.25, -0.2) is 4.99 Å². The Balaban J connectivity index is 2.13. The van der Waals surface area contributed by atoms with E-state index in [2.05, 4.69) is 4.99 Å². The first kappa shape index (κ1) is 7.62. The van der Waals surface area contributed by atoms with Gasteiger partial charge >= 0.3 is 0 Å². The number of aliphatic imine (C=N–C) groups is 1. The highest BCUT2D eigenvalue weighted by Crippen LogP contribution is 2.18. The highest BCUT2D eigenvalue weighted by molar-refractivity contribution is 5.98. The summed E-state index contributed by atoms with van der Waals surface area (Å²) in [5, 5.41) is 1.08. The molecule has 0 N–H and O–H groups in total. The van der Waals surface area contributed by atoms with Crippen LogP contribution in [-0.2, 0) is 4.74 Å². The molecule has 3 nitrogen and oxygen atoms in total. The van der Waals surface area contributed by atoms with E-state index in [1.54, 1.807) is 6.26 Å². The van der Waals surface area contributed by atoms with Crippen LogP contribution >= 0.6 is 0 Å². The molecule has 0 fully saturated rings. The minimum Gasteiger partial charge on any atom is -0.476 e. The van der Waals surface area contributed by atoms with E-state index >= 15 is 0 Å². The van der Waals surface area contributed by atoms with Crippen molar-refractivity contribution < 1.29 is 9.15 Å². The summed E-state index contributed by atoms with van der Waals surface area (Å²) < 4.78 is 10.6. The van der Waals surface area contributed by atoms with E-state index in [1.165, 1.54) is 0 Å². The molecule has 0 amide bonds. The highest BCUT2D eigenvalue weighted by atomic mass is 16.5. The molecule has 3 heteroatoms. The maximum atomic E-state index is 5.38. The highest BCUT2D eigenvalue weighted by Gasteiger charge is 2.10. The third-order valence-corrected chi connectivity index (χ3v) is 2.28. The third-order valence-electron chi connectivity index (χ3n) is 2.28. The smallest absolute Gasteiger partial charge is 0.216 e. The maximum Gasteiger partial charge on any atom is 0.216 e. The minimum absolute atomic E-state index is 0.693. The van der Waals surface area contributed by atoms with E-state index in [0.29, 0.717) is 6.61 Å². The second-order valence-corrected chi connectivity index (χ2v) is 3.21. The lowest BCUT2D eigenvalue weighted by Crippen LogP contribution is -2.00. The molecule has 1 aromatic heterocycles. The van der Waals surface area contributed by atoms with Gasteiger partial charge in [0.05, 0.1) is 12.8 Å². The minimum atomic E-state index is 0.693. The van der Waals surface area contributed by atoms with Crippen molar-refractivity contribution in [2.24, 2.45) is 4.99 Å². The summed E-state index contributed by atoms with van der Waals surface area (Å²) in [5.74, 6) is 0.744. The molecule has 0 aliphatic carbocycles. The van der Waals surface area contributed by atoms with Crippen molar-refractivity contribution in [1.29, 1.82) is 0 Å². The van der Waals surface area contributed by atoms with Crippen molar-refractivity contribution in [3.63, 3.8) is 0 Å². The number of furan rings is 1. The lowest BCUT2D eigenvalue weighted by molar-refractivity contribution is 0.348. The van der Waals surface area contributed by atoms with Gasteiger partial charge in [0.1, 0.15) is 12.2 Å². The largest absolute Gasteiger partial charge is 0.476 e. The fourth-order valence-corrected chi connectivity index (χ4v) is 1.61. The number of rotatable bonds is 1. The Hall–Kier alpha value is -1.77. The van der Waals surface area contributed by atoms with Crippen LogP contribution in [0.15, 0.2) is 39.9 Å². The van der Waals surface area contributed by atoms with E-state index in [4.69, 9.17) is 9.15 Å². The lowest BCUT2D eigenvalue weighted by atomic mass is 10.1. The molecule has 0 unspecified atom stereocenters. The molecule has 1 aliphatic heterocycles. The molecule has 70 valence electrons. The molecular weight excluding hydrogens is 178 g/mol. The molecule has 2 heterocycles. The van der Waals surface area contributed by atoms with Crippen molar-refractivity contribution in [3.05, 3.63) is 36.1 Å². The predicted molar refractivity (Wildman–Crippen MR) is 53.6 cm³/mol. The van der Waals surface area contributed by atoms with Crippen LogP contribution < -0.4 is 0 Å². The van der Waals surface area contributed by atoms with Gasteiger partial charge in [-0.1, -0.05) is 0 Å². The Kier molecular flexibility index (Phi) is 1.56. The molecule has 1 aliphatic rings. The van der Waals surface area contributed by atoms with Crippen LogP contribution in [0.1, 0.15) is 5.56 Å². The van der Waals surface area contributed by atoms with Crippen LogP contribution in [0.3, 0.4) is 0 Å². The van der Waals surface area contributed by atoms with E-state index < -0.39 is 0 Å². The number of benzene rings is 1. The molecule has 0 radical (unpaired) electrons. The molecule has 0 saturated heterocycles. The average Bonchev–Trinajstić information content (AvgIpc) is 2.88. The van der Waals surface area contributed by atoms with Crippen LogP contribution in [0, 0.1) is 0 Å². The van der Waals surface area contributed by atoms with Crippen molar-refractivity contribution in [2.75, 3.05) is 13.2 Å². The molecule has 2 aromatic rings. The molecule has 0 spiro atoms. The van der Waals surface area contributed by atoms with E-state index in [9.17, 15) is 0 Å². The predicted octanol–water partition coefficient (Wildman–Crippen LogP) is 2.21. The number of hydrogen-bond donors (Lipinski definition) is 0. The van der Waals surface area contributed by atoms with Gasteiger partial charge in [-0.05, 0) is 24.3 Å². The Morgan fingerprint density at radius 3 is 3.07 bits per heavy atom. The summed E-state index contributed by atoms with van der Waals surface area (Å²) in [6.07, 6.45) is 1.69. The van der Waals surface area contributed by atoms with Gasteiger partial charge in [-0.2, -0.15) is 0 Å². The van der Waals surface area contributed by atoms with Gasteiger partial charge in [0.2, 0.25) is 5.90 Å². The van der Waals surface area contributed by atoms with E-state index in [-0.39, 0.29) is 0 Å². The van der Waals surface area contributed by atoms with Gasteiger partial charge in [0.25, 0.3) is 0 Å². The molecule has 14 heavy (non-hydrogen) atoms. The van der Waals surface area contributed by atoms with Gasteiger partial charge in [0.15, 0.2) is 0 Å². The molecule has 1 aromatic carbocycles. The summed E-state index contributed by atoms with van der Waals surface area (Å²) in [5.41, 5.74) is 1.92. The summed E-state index contributed by atoms with van der Waals surface area (Å²) in [6.45, 7) is 1.46. The Bertz CT molecular complexity index is 499. The zero-order valence-corrected chi connectivity index (χ0v) is 7.56.